The van der Waals surface area contributed by atoms with E-state index < -0.39 is 23.8 Å². The maximum Gasteiger partial charge on any atom is 0.383 e. The third-order valence-corrected chi connectivity index (χ3v) is 3.03. The lowest BCUT2D eigenvalue weighted by Gasteiger charge is -2.33. The van der Waals surface area contributed by atoms with Crippen LogP contribution in [0.2, 0.25) is 0 Å². The van der Waals surface area contributed by atoms with Crippen molar-refractivity contribution in [2.45, 2.75) is 50.0 Å². The van der Waals surface area contributed by atoms with Gasteiger partial charge in [-0.3, -0.25) is 4.79 Å². The molecule has 1 fully saturated rings. The highest BCUT2D eigenvalue weighted by Gasteiger charge is 2.49. The molecule has 108 valence electrons. The number of amides is 1. The summed E-state index contributed by atoms with van der Waals surface area (Å²) in [6.07, 6.45) is -0.0568. The van der Waals surface area contributed by atoms with Crippen molar-refractivity contribution >= 4 is 18.3 Å². The average Bonchev–Trinajstić information content (AvgIpc) is 2.26. The lowest BCUT2D eigenvalue weighted by Crippen LogP contribution is -2.55. The van der Waals surface area contributed by atoms with Gasteiger partial charge in [-0.25, -0.2) is 8.78 Å². The zero-order chi connectivity index (χ0) is 13.1. The fourth-order valence-corrected chi connectivity index (χ4v) is 1.91. The molecule has 3 N–H and O–H groups in total. The first-order chi connectivity index (χ1) is 7.78. The van der Waals surface area contributed by atoms with Crippen LogP contribution in [0.25, 0.3) is 0 Å². The highest BCUT2D eigenvalue weighted by molar-refractivity contribution is 5.85. The van der Waals surface area contributed by atoms with Crippen LogP contribution in [0, 0.1) is 0 Å². The van der Waals surface area contributed by atoms with E-state index in [1.54, 1.807) is 0 Å². The predicted molar refractivity (Wildman–Crippen MR) is 61.2 cm³/mol. The molecule has 0 unspecified atom stereocenters. The fraction of sp³-hybridized carbons (Fsp3) is 0.900. The second kappa shape index (κ2) is 6.56. The summed E-state index contributed by atoms with van der Waals surface area (Å²) in [5.41, 5.74) is 5.14. The number of alkyl halides is 4. The standard InChI is InChI=1S/C10H16F4N2O.ClH/c11-7(12)10(13,14)8(17)16-6-9(15)4-2-1-3-5-9;/h7H,1-6,15H2,(H,16,17);1H. The van der Waals surface area contributed by atoms with Crippen LogP contribution in [0.15, 0.2) is 0 Å². The Morgan fingerprint density at radius 2 is 1.78 bits per heavy atom. The highest BCUT2D eigenvalue weighted by atomic mass is 35.5. The maximum atomic E-state index is 12.6. The molecule has 3 nitrogen and oxygen atoms in total. The minimum absolute atomic E-state index is 0. The monoisotopic (exact) mass is 292 g/mol. The van der Waals surface area contributed by atoms with Crippen molar-refractivity contribution in [1.29, 1.82) is 0 Å². The van der Waals surface area contributed by atoms with Crippen molar-refractivity contribution in [3.8, 4) is 0 Å². The van der Waals surface area contributed by atoms with Crippen LogP contribution in [0.1, 0.15) is 32.1 Å². The van der Waals surface area contributed by atoms with Gasteiger partial charge in [0.25, 0.3) is 5.91 Å². The van der Waals surface area contributed by atoms with Gasteiger partial charge in [0.1, 0.15) is 0 Å². The van der Waals surface area contributed by atoms with Crippen LogP contribution in [0.3, 0.4) is 0 Å². The minimum atomic E-state index is -4.65. The molecule has 1 aliphatic rings. The first kappa shape index (κ1) is 17.4. The summed E-state index contributed by atoms with van der Waals surface area (Å²) in [6.45, 7) is -0.186. The molecule has 0 bridgehead atoms. The summed E-state index contributed by atoms with van der Waals surface area (Å²) < 4.78 is 49.0. The largest absolute Gasteiger partial charge is 0.383 e. The van der Waals surface area contributed by atoms with Crippen LogP contribution in [-0.2, 0) is 4.79 Å². The molecule has 0 radical (unpaired) electrons. The summed E-state index contributed by atoms with van der Waals surface area (Å²) in [5, 5.41) is 1.82. The number of nitrogens with two attached hydrogens (primary N) is 1. The first-order valence-corrected chi connectivity index (χ1v) is 5.51. The number of halogens is 5. The van der Waals surface area contributed by atoms with Gasteiger partial charge in [0.15, 0.2) is 0 Å². The van der Waals surface area contributed by atoms with Crippen LogP contribution in [0.4, 0.5) is 17.6 Å². The average molecular weight is 293 g/mol. The Labute approximate surface area is 109 Å². The van der Waals surface area contributed by atoms with E-state index in [1.165, 1.54) is 0 Å². The van der Waals surface area contributed by atoms with E-state index in [9.17, 15) is 22.4 Å². The second-order valence-corrected chi connectivity index (χ2v) is 4.53. The van der Waals surface area contributed by atoms with Crippen molar-refractivity contribution in [1.82, 2.24) is 5.32 Å². The lowest BCUT2D eigenvalue weighted by atomic mass is 9.82. The van der Waals surface area contributed by atoms with Crippen LogP contribution in [0.5, 0.6) is 0 Å². The quantitative estimate of drug-likeness (QED) is 0.780. The van der Waals surface area contributed by atoms with Gasteiger partial charge in [-0.05, 0) is 12.8 Å². The van der Waals surface area contributed by atoms with Crippen molar-refractivity contribution < 1.29 is 22.4 Å². The summed E-state index contributed by atoms with van der Waals surface area (Å²) in [4.78, 5) is 10.9. The number of nitrogens with one attached hydrogen (secondary N) is 1. The highest BCUT2D eigenvalue weighted by Crippen LogP contribution is 2.26. The number of hydrogen-bond donors (Lipinski definition) is 2. The van der Waals surface area contributed by atoms with E-state index in [0.29, 0.717) is 12.8 Å². The Hall–Kier alpha value is -0.560. The van der Waals surface area contributed by atoms with Gasteiger partial charge in [-0.1, -0.05) is 19.3 Å². The molecule has 0 aliphatic heterocycles. The summed E-state index contributed by atoms with van der Waals surface area (Å²) in [6, 6.07) is 0. The van der Waals surface area contributed by atoms with E-state index in [0.717, 1.165) is 19.3 Å². The van der Waals surface area contributed by atoms with Gasteiger partial charge in [0, 0.05) is 12.1 Å². The Morgan fingerprint density at radius 3 is 2.22 bits per heavy atom. The molecule has 0 atom stereocenters. The molecule has 0 aromatic carbocycles. The molecule has 1 amide bonds. The topological polar surface area (TPSA) is 55.1 Å². The molecule has 0 aromatic rings. The number of hydrogen-bond acceptors (Lipinski definition) is 2. The molecule has 0 heterocycles. The zero-order valence-corrected chi connectivity index (χ0v) is 10.5. The predicted octanol–water partition coefficient (Wildman–Crippen LogP) is 2.09. The Balaban J connectivity index is 0.00000289. The molecule has 8 heteroatoms. The normalized spacial score (nSPS) is 19.2. The number of carbonyl (C=O) groups excluding carboxylic acids is 1. The number of rotatable bonds is 4. The lowest BCUT2D eigenvalue weighted by molar-refractivity contribution is -0.169. The molecule has 18 heavy (non-hydrogen) atoms. The van der Waals surface area contributed by atoms with Crippen molar-refractivity contribution in [2.24, 2.45) is 5.73 Å². The summed E-state index contributed by atoms with van der Waals surface area (Å²) in [7, 11) is 0. The molecular formula is C10H17ClF4N2O. The third kappa shape index (κ3) is 4.28. The van der Waals surface area contributed by atoms with Gasteiger partial charge in [-0.15, -0.1) is 12.4 Å². The van der Waals surface area contributed by atoms with E-state index >= 15 is 0 Å². The maximum absolute atomic E-state index is 12.6. The first-order valence-electron chi connectivity index (χ1n) is 5.51. The van der Waals surface area contributed by atoms with Gasteiger partial charge in [0.2, 0.25) is 0 Å². The summed E-state index contributed by atoms with van der Waals surface area (Å²) >= 11 is 0. The van der Waals surface area contributed by atoms with Gasteiger partial charge in [-0.2, -0.15) is 8.78 Å². The smallest absolute Gasteiger partial charge is 0.349 e. The van der Waals surface area contributed by atoms with Crippen molar-refractivity contribution in [2.75, 3.05) is 6.54 Å². The van der Waals surface area contributed by atoms with Crippen LogP contribution in [-0.4, -0.2) is 30.3 Å². The minimum Gasteiger partial charge on any atom is -0.349 e. The zero-order valence-electron chi connectivity index (χ0n) is 9.73. The Kier molecular flexibility index (Phi) is 6.36. The second-order valence-electron chi connectivity index (χ2n) is 4.53. The molecule has 0 spiro atoms. The van der Waals surface area contributed by atoms with E-state index in [1.807, 2.05) is 5.32 Å². The third-order valence-electron chi connectivity index (χ3n) is 3.03. The molecule has 1 saturated carbocycles. The Morgan fingerprint density at radius 1 is 1.28 bits per heavy atom. The molecule has 0 aromatic heterocycles. The van der Waals surface area contributed by atoms with Crippen LogP contribution < -0.4 is 11.1 Å². The van der Waals surface area contributed by atoms with Crippen molar-refractivity contribution in [3.05, 3.63) is 0 Å². The fourth-order valence-electron chi connectivity index (χ4n) is 1.91. The van der Waals surface area contributed by atoms with Gasteiger partial charge in [0.05, 0.1) is 0 Å². The SMILES string of the molecule is Cl.NC1(CNC(=O)C(F)(F)C(F)F)CCCCC1. The Bertz CT molecular complexity index is 283. The van der Waals surface area contributed by atoms with E-state index in [4.69, 9.17) is 5.73 Å². The van der Waals surface area contributed by atoms with Gasteiger partial charge >= 0.3 is 12.3 Å². The van der Waals surface area contributed by atoms with E-state index in [-0.39, 0.29) is 19.0 Å². The molecule has 1 rings (SSSR count). The summed E-state index contributed by atoms with van der Waals surface area (Å²) in [5.74, 6) is -6.60. The van der Waals surface area contributed by atoms with Crippen LogP contribution >= 0.6 is 12.4 Å². The van der Waals surface area contributed by atoms with E-state index in [2.05, 4.69) is 0 Å². The molecule has 1 aliphatic carbocycles. The van der Waals surface area contributed by atoms with Crippen molar-refractivity contribution in [3.63, 3.8) is 0 Å². The number of carbonyl (C=O) groups is 1. The van der Waals surface area contributed by atoms with Gasteiger partial charge < -0.3 is 11.1 Å². The molecule has 0 saturated heterocycles. The molecular weight excluding hydrogens is 276 g/mol.